The van der Waals surface area contributed by atoms with Gasteiger partial charge in [-0.25, -0.2) is 4.79 Å². The van der Waals surface area contributed by atoms with Crippen LogP contribution >= 0.6 is 11.3 Å². The van der Waals surface area contributed by atoms with Gasteiger partial charge in [-0.05, 0) is 72.9 Å². The van der Waals surface area contributed by atoms with Crippen LogP contribution in [0.3, 0.4) is 0 Å². The summed E-state index contributed by atoms with van der Waals surface area (Å²) in [4.78, 5) is 25.2. The fraction of sp³-hybridized carbons (Fsp3) is 0.481. The number of carboxylic acids is 1. The van der Waals surface area contributed by atoms with Crippen LogP contribution in [0.1, 0.15) is 56.7 Å². The maximum atomic E-state index is 12.0. The van der Waals surface area contributed by atoms with Crippen LogP contribution in [-0.2, 0) is 20.9 Å². The van der Waals surface area contributed by atoms with Crippen LogP contribution in [0.25, 0.3) is 10.4 Å². The molecule has 0 radical (unpaired) electrons. The minimum Gasteiger partial charge on any atom is -0.478 e. The largest absolute Gasteiger partial charge is 0.478 e. The Bertz CT molecular complexity index is 1000. The van der Waals surface area contributed by atoms with Crippen molar-refractivity contribution < 1.29 is 19.4 Å². The zero-order valence-corrected chi connectivity index (χ0v) is 21.5. The first-order valence-electron chi connectivity index (χ1n) is 12.0. The fourth-order valence-electron chi connectivity index (χ4n) is 4.66. The number of thiophene rings is 1. The molecular weight excluding hydrogens is 448 g/mol. The second-order valence-electron chi connectivity index (χ2n) is 9.02. The van der Waals surface area contributed by atoms with Crippen LogP contribution in [0, 0.1) is 13.8 Å². The lowest BCUT2D eigenvalue weighted by atomic mass is 9.87. The van der Waals surface area contributed by atoms with E-state index in [1.54, 1.807) is 17.4 Å². The Morgan fingerprint density at radius 1 is 1.21 bits per heavy atom. The van der Waals surface area contributed by atoms with E-state index in [1.165, 1.54) is 34.1 Å². The van der Waals surface area contributed by atoms with Gasteiger partial charge in [0, 0.05) is 30.0 Å². The van der Waals surface area contributed by atoms with Crippen molar-refractivity contribution in [3.8, 4) is 10.4 Å². The average Bonchev–Trinajstić information content (AvgIpc) is 3.32. The van der Waals surface area contributed by atoms with Crippen molar-refractivity contribution in [1.29, 1.82) is 0 Å². The monoisotopic (exact) mass is 484 g/mol. The summed E-state index contributed by atoms with van der Waals surface area (Å²) < 4.78 is 6.28. The van der Waals surface area contributed by atoms with Gasteiger partial charge in [-0.3, -0.25) is 4.79 Å². The van der Waals surface area contributed by atoms with E-state index in [0.717, 1.165) is 12.8 Å². The van der Waals surface area contributed by atoms with Gasteiger partial charge >= 0.3 is 5.97 Å². The number of benzene rings is 1. The Morgan fingerprint density at radius 2 is 1.88 bits per heavy atom. The van der Waals surface area contributed by atoms with Crippen LogP contribution in [0.15, 0.2) is 41.3 Å². The van der Waals surface area contributed by atoms with Gasteiger partial charge in [-0.1, -0.05) is 32.0 Å². The highest BCUT2D eigenvalue weighted by atomic mass is 32.1. The van der Waals surface area contributed by atoms with E-state index in [0.29, 0.717) is 18.5 Å². The first-order valence-corrected chi connectivity index (χ1v) is 12.8. The molecule has 6 nitrogen and oxygen atoms in total. The van der Waals surface area contributed by atoms with E-state index >= 15 is 0 Å². The molecule has 7 heteroatoms. The van der Waals surface area contributed by atoms with Gasteiger partial charge < -0.3 is 20.5 Å². The van der Waals surface area contributed by atoms with Crippen molar-refractivity contribution in [2.45, 2.75) is 84.7 Å². The topological polar surface area (TPSA) is 87.7 Å². The second-order valence-corrected chi connectivity index (χ2v) is 9.97. The highest BCUT2D eigenvalue weighted by Gasteiger charge is 2.37. The molecule has 1 aromatic heterocycles. The van der Waals surface area contributed by atoms with Gasteiger partial charge in [0.15, 0.2) is 0 Å². The predicted octanol–water partition coefficient (Wildman–Crippen LogP) is 4.98. The van der Waals surface area contributed by atoms with Crippen LogP contribution in [0.4, 0.5) is 0 Å². The highest BCUT2D eigenvalue weighted by molar-refractivity contribution is 7.13. The quantitative estimate of drug-likeness (QED) is 0.443. The Labute approximate surface area is 206 Å². The molecule has 0 saturated heterocycles. The number of hydrogen-bond acceptors (Lipinski definition) is 5. The minimum atomic E-state index is -0.945. The molecule has 0 unspecified atom stereocenters. The highest BCUT2D eigenvalue weighted by Crippen LogP contribution is 2.30. The van der Waals surface area contributed by atoms with Crippen LogP contribution < -0.4 is 10.6 Å². The third-order valence-corrected chi connectivity index (χ3v) is 7.46. The zero-order chi connectivity index (χ0) is 24.8. The first kappa shape index (κ1) is 26.1. The molecule has 3 rings (SSSR count). The molecule has 0 aliphatic heterocycles. The molecule has 0 fully saturated rings. The molecule has 0 bridgehead atoms. The molecule has 1 aliphatic rings. The third kappa shape index (κ3) is 6.34. The minimum absolute atomic E-state index is 0.000544. The molecule has 1 aromatic carbocycles. The van der Waals surface area contributed by atoms with Crippen LogP contribution in [0.5, 0.6) is 0 Å². The number of aryl methyl sites for hydroxylation is 2. The number of rotatable bonds is 10. The standard InChI is InChI=1S/C27H36N2O4S/c1-6-21(7-2)33-24-14-20(27(31)32)13-23(26(24)29-18(5)30)28-15-22-16(3)11-19(12-17(22)4)25-9-8-10-34-25/h8-12,14,21,23-24,26,28H,6-7,13,15H2,1-5H3,(H,29,30)(H,31,32)/t23-,24+,26+/m0/s1. The molecule has 3 atom stereocenters. The maximum Gasteiger partial charge on any atom is 0.331 e. The summed E-state index contributed by atoms with van der Waals surface area (Å²) in [5.41, 5.74) is 5.07. The number of hydrogen-bond donors (Lipinski definition) is 3. The van der Waals surface area contributed by atoms with Gasteiger partial charge in [0.05, 0.1) is 18.2 Å². The summed E-state index contributed by atoms with van der Waals surface area (Å²) in [5, 5.41) is 18.4. The Morgan fingerprint density at radius 3 is 2.41 bits per heavy atom. The summed E-state index contributed by atoms with van der Waals surface area (Å²) in [6.45, 7) is 10.4. The third-order valence-electron chi connectivity index (χ3n) is 6.54. The van der Waals surface area contributed by atoms with Crippen molar-refractivity contribution in [3.05, 3.63) is 58.0 Å². The van der Waals surface area contributed by atoms with Gasteiger partial charge in [0.2, 0.25) is 5.91 Å². The lowest BCUT2D eigenvalue weighted by molar-refractivity contribution is -0.133. The van der Waals surface area contributed by atoms with Crippen molar-refractivity contribution in [1.82, 2.24) is 10.6 Å². The van der Waals surface area contributed by atoms with E-state index in [9.17, 15) is 14.7 Å². The molecule has 1 heterocycles. The first-order chi connectivity index (χ1) is 16.2. The van der Waals surface area contributed by atoms with Crippen LogP contribution in [0.2, 0.25) is 0 Å². The number of amides is 1. The molecule has 2 aromatic rings. The van der Waals surface area contributed by atoms with E-state index in [4.69, 9.17) is 4.74 Å². The van der Waals surface area contributed by atoms with Crippen molar-refractivity contribution in [3.63, 3.8) is 0 Å². The van der Waals surface area contributed by atoms with E-state index < -0.39 is 12.1 Å². The van der Waals surface area contributed by atoms with Gasteiger partial charge in [-0.15, -0.1) is 11.3 Å². The summed E-state index contributed by atoms with van der Waals surface area (Å²) in [6, 6.07) is 7.95. The fourth-order valence-corrected chi connectivity index (χ4v) is 5.37. The Kier molecular flexibility index (Phi) is 9.05. The molecule has 0 spiro atoms. The number of aliphatic carboxylic acids is 1. The van der Waals surface area contributed by atoms with Crippen LogP contribution in [-0.4, -0.2) is 41.3 Å². The summed E-state index contributed by atoms with van der Waals surface area (Å²) in [5.74, 6) is -1.10. The molecular formula is C27H36N2O4S. The molecule has 184 valence electrons. The Hall–Kier alpha value is -2.48. The summed E-state index contributed by atoms with van der Waals surface area (Å²) in [6.07, 6.45) is 3.13. The number of carbonyl (C=O) groups is 2. The number of carbonyl (C=O) groups excluding carboxylic acids is 1. The van der Waals surface area contributed by atoms with Gasteiger partial charge in [0.25, 0.3) is 0 Å². The normalized spacial score (nSPS) is 20.3. The van der Waals surface area contributed by atoms with E-state index in [-0.39, 0.29) is 24.1 Å². The van der Waals surface area contributed by atoms with E-state index in [1.807, 2.05) is 13.8 Å². The SMILES string of the molecule is CCC(CC)O[C@@H]1C=C(C(=O)O)C[C@H](NCc2c(C)cc(-c3cccs3)cc2C)[C@H]1NC(C)=O. The average molecular weight is 485 g/mol. The molecule has 1 aliphatic carbocycles. The van der Waals surface area contributed by atoms with Crippen molar-refractivity contribution >= 4 is 23.2 Å². The molecule has 34 heavy (non-hydrogen) atoms. The molecule has 1 amide bonds. The van der Waals surface area contributed by atoms with Gasteiger partial charge in [-0.2, -0.15) is 0 Å². The number of ether oxygens (including phenoxy) is 1. The van der Waals surface area contributed by atoms with Crippen molar-refractivity contribution in [2.75, 3.05) is 0 Å². The number of carboxylic acid groups (broad SMARTS) is 1. The zero-order valence-electron chi connectivity index (χ0n) is 20.7. The lowest BCUT2D eigenvalue weighted by Crippen LogP contribution is -2.58. The lowest BCUT2D eigenvalue weighted by Gasteiger charge is -2.38. The second kappa shape index (κ2) is 11.8. The number of nitrogens with one attached hydrogen (secondary N) is 2. The Balaban J connectivity index is 1.85. The van der Waals surface area contributed by atoms with E-state index in [2.05, 4.69) is 54.1 Å². The molecule has 3 N–H and O–H groups in total. The maximum absolute atomic E-state index is 12.0. The van der Waals surface area contributed by atoms with Gasteiger partial charge in [0.1, 0.15) is 0 Å². The van der Waals surface area contributed by atoms with Crippen molar-refractivity contribution in [2.24, 2.45) is 0 Å². The molecule has 0 saturated carbocycles. The summed E-state index contributed by atoms with van der Waals surface area (Å²) in [7, 11) is 0. The summed E-state index contributed by atoms with van der Waals surface area (Å²) >= 11 is 1.72. The predicted molar refractivity (Wildman–Crippen MR) is 137 cm³/mol. The smallest absolute Gasteiger partial charge is 0.331 e.